The number of nitrogens with one attached hydrogen (secondary N) is 2. The van der Waals surface area contributed by atoms with Crippen LogP contribution in [0, 0.1) is 20.8 Å². The number of ether oxygens (including phenoxy) is 2. The fourth-order valence-electron chi connectivity index (χ4n) is 3.86. The molecule has 0 aliphatic carbocycles. The van der Waals surface area contributed by atoms with E-state index in [9.17, 15) is 9.59 Å². The van der Waals surface area contributed by atoms with Crippen LogP contribution in [0.5, 0.6) is 5.75 Å². The monoisotopic (exact) mass is 503 g/mol. The molecule has 3 aromatic carbocycles. The molecule has 0 aliphatic rings. The summed E-state index contributed by atoms with van der Waals surface area (Å²) < 4.78 is 11.3. The highest BCUT2D eigenvalue weighted by atomic mass is 16.5. The first kappa shape index (κ1) is 27.9. The van der Waals surface area contributed by atoms with E-state index in [1.807, 2.05) is 87.5 Å². The number of carbonyl (C=O) groups excluding carboxylic acids is 2. The van der Waals surface area contributed by atoms with Crippen molar-refractivity contribution in [2.24, 2.45) is 5.73 Å². The van der Waals surface area contributed by atoms with E-state index >= 15 is 0 Å². The second-order valence-corrected chi connectivity index (χ2v) is 9.14. The topological polar surface area (TPSA) is 103 Å². The molecule has 0 bridgehead atoms. The lowest BCUT2D eigenvalue weighted by atomic mass is 10.00. The molecule has 7 heteroatoms. The molecule has 0 radical (unpaired) electrons. The lowest BCUT2D eigenvalue weighted by Gasteiger charge is -2.15. The number of benzene rings is 3. The van der Waals surface area contributed by atoms with Gasteiger partial charge in [0.05, 0.1) is 19.3 Å². The maximum Gasteiger partial charge on any atom is 0.251 e. The van der Waals surface area contributed by atoms with Gasteiger partial charge in [0.15, 0.2) is 0 Å². The van der Waals surface area contributed by atoms with Crippen LogP contribution in [0.3, 0.4) is 0 Å². The van der Waals surface area contributed by atoms with Gasteiger partial charge in [-0.3, -0.25) is 9.59 Å². The van der Waals surface area contributed by atoms with Crippen molar-refractivity contribution in [3.05, 3.63) is 100 Å². The molecule has 0 spiro atoms. The van der Waals surface area contributed by atoms with Crippen LogP contribution in [-0.2, 0) is 9.53 Å². The highest BCUT2D eigenvalue weighted by Crippen LogP contribution is 2.22. The standard InChI is InChI=1S/C30H37N3O4/c1-20-18-26(19-21(2)22(20)3)30(35)33-23(4)29(34)32-14-15-36-16-17-37-27-12-10-25(11-13-27)28(31)24-8-6-5-7-9-24/h5-13,18-19,23,28H,14-17,31H2,1-4H3,(H,32,34)(H,33,35). The zero-order valence-corrected chi connectivity index (χ0v) is 22.0. The third-order valence-electron chi connectivity index (χ3n) is 6.37. The second-order valence-electron chi connectivity index (χ2n) is 9.14. The average Bonchev–Trinajstić information content (AvgIpc) is 2.91. The quantitative estimate of drug-likeness (QED) is 0.324. The van der Waals surface area contributed by atoms with Crippen molar-refractivity contribution in [2.75, 3.05) is 26.4 Å². The van der Waals surface area contributed by atoms with Crippen LogP contribution in [0.1, 0.15) is 51.1 Å². The number of hydrogen-bond acceptors (Lipinski definition) is 5. The maximum absolute atomic E-state index is 12.5. The molecule has 0 aromatic heterocycles. The van der Waals surface area contributed by atoms with E-state index in [-0.39, 0.29) is 17.9 Å². The van der Waals surface area contributed by atoms with Crippen molar-refractivity contribution < 1.29 is 19.1 Å². The van der Waals surface area contributed by atoms with E-state index in [2.05, 4.69) is 10.6 Å². The Morgan fingerprint density at radius 2 is 1.49 bits per heavy atom. The van der Waals surface area contributed by atoms with E-state index < -0.39 is 6.04 Å². The molecule has 4 N–H and O–H groups in total. The van der Waals surface area contributed by atoms with Crippen molar-refractivity contribution in [3.63, 3.8) is 0 Å². The summed E-state index contributed by atoms with van der Waals surface area (Å²) in [6.45, 7) is 9.09. The highest BCUT2D eigenvalue weighted by Gasteiger charge is 2.17. The summed E-state index contributed by atoms with van der Waals surface area (Å²) in [6.07, 6.45) is 0. The minimum Gasteiger partial charge on any atom is -0.491 e. The Bertz CT molecular complexity index is 1160. The predicted octanol–water partition coefficient (Wildman–Crippen LogP) is 3.99. The molecule has 2 amide bonds. The van der Waals surface area contributed by atoms with Gasteiger partial charge < -0.3 is 25.8 Å². The Kier molecular flexibility index (Phi) is 10.2. The Morgan fingerprint density at radius 1 is 0.865 bits per heavy atom. The van der Waals surface area contributed by atoms with Gasteiger partial charge in [-0.25, -0.2) is 0 Å². The fraction of sp³-hybridized carbons (Fsp3) is 0.333. The predicted molar refractivity (Wildman–Crippen MR) is 146 cm³/mol. The smallest absolute Gasteiger partial charge is 0.251 e. The van der Waals surface area contributed by atoms with Crippen molar-refractivity contribution in [3.8, 4) is 5.75 Å². The first-order valence-electron chi connectivity index (χ1n) is 12.5. The van der Waals surface area contributed by atoms with Crippen LogP contribution in [0.15, 0.2) is 66.7 Å². The Labute approximate surface area is 219 Å². The van der Waals surface area contributed by atoms with Gasteiger partial charge in [-0.1, -0.05) is 42.5 Å². The second kappa shape index (κ2) is 13.6. The fourth-order valence-corrected chi connectivity index (χ4v) is 3.86. The molecular formula is C30H37N3O4. The molecule has 2 atom stereocenters. The number of nitrogens with two attached hydrogens (primary N) is 1. The molecule has 0 fully saturated rings. The van der Waals surface area contributed by atoms with E-state index in [1.165, 1.54) is 0 Å². The van der Waals surface area contributed by atoms with E-state index in [0.717, 1.165) is 33.6 Å². The van der Waals surface area contributed by atoms with Gasteiger partial charge in [-0.05, 0) is 79.8 Å². The van der Waals surface area contributed by atoms with Gasteiger partial charge in [-0.15, -0.1) is 0 Å². The van der Waals surface area contributed by atoms with Gasteiger partial charge in [0.25, 0.3) is 5.91 Å². The van der Waals surface area contributed by atoms with Crippen LogP contribution in [0.4, 0.5) is 0 Å². The van der Waals surface area contributed by atoms with E-state index in [4.69, 9.17) is 15.2 Å². The summed E-state index contributed by atoms with van der Waals surface area (Å²) in [4.78, 5) is 24.8. The van der Waals surface area contributed by atoms with Crippen LogP contribution >= 0.6 is 0 Å². The van der Waals surface area contributed by atoms with Crippen LogP contribution in [0.2, 0.25) is 0 Å². The van der Waals surface area contributed by atoms with Gasteiger partial charge in [0, 0.05) is 12.1 Å². The molecular weight excluding hydrogens is 466 g/mol. The Hall–Kier alpha value is -3.68. The molecule has 0 saturated carbocycles. The summed E-state index contributed by atoms with van der Waals surface area (Å²) in [5.41, 5.74) is 12.2. The lowest BCUT2D eigenvalue weighted by molar-refractivity contribution is -0.122. The zero-order valence-electron chi connectivity index (χ0n) is 22.0. The number of carbonyl (C=O) groups is 2. The third-order valence-corrected chi connectivity index (χ3v) is 6.37. The average molecular weight is 504 g/mol. The van der Waals surface area contributed by atoms with Crippen LogP contribution < -0.4 is 21.1 Å². The molecule has 37 heavy (non-hydrogen) atoms. The molecule has 0 saturated heterocycles. The van der Waals surface area contributed by atoms with Crippen LogP contribution in [-0.4, -0.2) is 44.2 Å². The molecule has 3 rings (SSSR count). The maximum atomic E-state index is 12.5. The van der Waals surface area contributed by atoms with Crippen molar-refractivity contribution in [1.82, 2.24) is 10.6 Å². The minimum absolute atomic E-state index is 0.180. The molecule has 0 heterocycles. The molecule has 7 nitrogen and oxygen atoms in total. The summed E-state index contributed by atoms with van der Waals surface area (Å²) >= 11 is 0. The Morgan fingerprint density at radius 3 is 2.14 bits per heavy atom. The first-order chi connectivity index (χ1) is 17.8. The summed E-state index contributed by atoms with van der Waals surface area (Å²) in [7, 11) is 0. The zero-order chi connectivity index (χ0) is 26.8. The first-order valence-corrected chi connectivity index (χ1v) is 12.5. The van der Waals surface area contributed by atoms with E-state index in [1.54, 1.807) is 6.92 Å². The normalized spacial score (nSPS) is 12.5. The van der Waals surface area contributed by atoms with E-state index in [0.29, 0.717) is 31.9 Å². The summed E-state index contributed by atoms with van der Waals surface area (Å²) in [5.74, 6) is 0.212. The van der Waals surface area contributed by atoms with Crippen molar-refractivity contribution in [2.45, 2.75) is 39.8 Å². The third kappa shape index (κ3) is 8.17. The highest BCUT2D eigenvalue weighted by molar-refractivity contribution is 5.97. The van der Waals surface area contributed by atoms with Gasteiger partial charge >= 0.3 is 0 Å². The largest absolute Gasteiger partial charge is 0.491 e. The molecule has 3 aromatic rings. The Balaban J connectivity index is 1.30. The van der Waals surface area contributed by atoms with Crippen molar-refractivity contribution in [1.29, 1.82) is 0 Å². The molecule has 2 unspecified atom stereocenters. The summed E-state index contributed by atoms with van der Waals surface area (Å²) in [6, 6.07) is 20.5. The summed E-state index contributed by atoms with van der Waals surface area (Å²) in [5, 5.41) is 5.53. The van der Waals surface area contributed by atoms with Gasteiger partial charge in [0.1, 0.15) is 18.4 Å². The minimum atomic E-state index is -0.657. The van der Waals surface area contributed by atoms with Crippen molar-refractivity contribution >= 4 is 11.8 Å². The number of hydrogen-bond donors (Lipinski definition) is 3. The number of amides is 2. The van der Waals surface area contributed by atoms with Gasteiger partial charge in [-0.2, -0.15) is 0 Å². The number of rotatable bonds is 12. The molecule has 0 aliphatic heterocycles. The molecule has 196 valence electrons. The lowest BCUT2D eigenvalue weighted by Crippen LogP contribution is -2.45. The SMILES string of the molecule is Cc1cc(C(=O)NC(C)C(=O)NCCOCCOc2ccc(C(N)c3ccccc3)cc2)cc(C)c1C. The number of aryl methyl sites for hydroxylation is 2. The van der Waals surface area contributed by atoms with Gasteiger partial charge in [0.2, 0.25) is 5.91 Å². The van der Waals surface area contributed by atoms with Crippen LogP contribution in [0.25, 0.3) is 0 Å².